The fourth-order valence-electron chi connectivity index (χ4n) is 0.981. The number of halogens is 1. The van der Waals surface area contributed by atoms with E-state index in [2.05, 4.69) is 15.0 Å². The number of nitrogens with zero attached hydrogens (tertiary/aromatic N) is 2. The molecule has 0 aliphatic heterocycles. The lowest BCUT2D eigenvalue weighted by Crippen LogP contribution is -1.88. The molecule has 2 rings (SSSR count). The summed E-state index contributed by atoms with van der Waals surface area (Å²) in [4.78, 5) is 10.6. The molecule has 0 unspecified atom stereocenters. The molecule has 0 saturated heterocycles. The Hall–Kier alpha value is -1.55. The van der Waals surface area contributed by atoms with E-state index in [0.29, 0.717) is 16.8 Å². The van der Waals surface area contributed by atoms with Crippen molar-refractivity contribution in [2.75, 3.05) is 0 Å². The fourth-order valence-corrected chi connectivity index (χ4v) is 1.08. The van der Waals surface area contributed by atoms with Gasteiger partial charge >= 0.3 is 0 Å². The van der Waals surface area contributed by atoms with Crippen molar-refractivity contribution in [3.05, 3.63) is 35.4 Å². The Labute approximate surface area is 85.9 Å². The van der Waals surface area contributed by atoms with Crippen LogP contribution in [-0.4, -0.2) is 15.0 Å². The first-order valence-electron chi connectivity index (χ1n) is 4.04. The topological polar surface area (TPSA) is 50.8 Å². The number of aromatic nitrogens is 3. The van der Waals surface area contributed by atoms with E-state index in [9.17, 15) is 0 Å². The zero-order chi connectivity index (χ0) is 9.97. The summed E-state index contributed by atoms with van der Waals surface area (Å²) in [5.74, 6) is 1.05. The second kappa shape index (κ2) is 3.67. The number of hydrogen-bond acceptors (Lipinski definition) is 3. The molecule has 5 heteroatoms. The van der Waals surface area contributed by atoms with Gasteiger partial charge < -0.3 is 9.72 Å². The minimum atomic E-state index is 0.496. The standard InChI is InChI=1S/C9H8ClN3O/c1-6-2-8(12-3-7(6)10)14-9-4-11-5-13-9/h2-5H,1H3,(H,11,13). The molecule has 0 saturated carbocycles. The van der Waals surface area contributed by atoms with Gasteiger partial charge in [-0.1, -0.05) is 11.6 Å². The van der Waals surface area contributed by atoms with Crippen molar-refractivity contribution in [1.82, 2.24) is 15.0 Å². The van der Waals surface area contributed by atoms with Gasteiger partial charge in [0, 0.05) is 12.3 Å². The number of H-pyrrole nitrogens is 1. The van der Waals surface area contributed by atoms with Crippen LogP contribution in [0.4, 0.5) is 0 Å². The molecule has 0 amide bonds. The highest BCUT2D eigenvalue weighted by molar-refractivity contribution is 6.31. The van der Waals surface area contributed by atoms with Crippen LogP contribution in [-0.2, 0) is 0 Å². The van der Waals surface area contributed by atoms with Crippen LogP contribution >= 0.6 is 11.6 Å². The number of imidazole rings is 1. The molecule has 0 aliphatic carbocycles. The van der Waals surface area contributed by atoms with Crippen molar-refractivity contribution in [2.24, 2.45) is 0 Å². The quantitative estimate of drug-likeness (QED) is 0.827. The first kappa shape index (κ1) is 9.02. The van der Waals surface area contributed by atoms with Crippen molar-refractivity contribution in [3.8, 4) is 11.8 Å². The summed E-state index contributed by atoms with van der Waals surface area (Å²) in [6.45, 7) is 1.89. The zero-order valence-electron chi connectivity index (χ0n) is 7.49. The van der Waals surface area contributed by atoms with Gasteiger partial charge in [-0.25, -0.2) is 9.97 Å². The summed E-state index contributed by atoms with van der Waals surface area (Å²) in [6.07, 6.45) is 4.67. The van der Waals surface area contributed by atoms with E-state index in [0.717, 1.165) is 5.56 Å². The average Bonchev–Trinajstić information content (AvgIpc) is 2.64. The van der Waals surface area contributed by atoms with Crippen LogP contribution in [0, 0.1) is 6.92 Å². The Kier molecular flexibility index (Phi) is 2.37. The second-order valence-corrected chi connectivity index (χ2v) is 3.20. The third-order valence-corrected chi connectivity index (χ3v) is 2.11. The molecule has 2 aromatic rings. The number of ether oxygens (including phenoxy) is 1. The minimum Gasteiger partial charge on any atom is -0.421 e. The average molecular weight is 210 g/mol. The van der Waals surface area contributed by atoms with Gasteiger partial charge in [0.15, 0.2) is 0 Å². The van der Waals surface area contributed by atoms with Crippen LogP contribution in [0.5, 0.6) is 11.8 Å². The van der Waals surface area contributed by atoms with Crippen molar-refractivity contribution in [1.29, 1.82) is 0 Å². The number of hydrogen-bond donors (Lipinski definition) is 1. The highest BCUT2D eigenvalue weighted by Crippen LogP contribution is 2.21. The van der Waals surface area contributed by atoms with Crippen molar-refractivity contribution in [2.45, 2.75) is 6.92 Å². The first-order chi connectivity index (χ1) is 6.75. The maximum atomic E-state index is 5.82. The summed E-state index contributed by atoms with van der Waals surface area (Å²) in [5.41, 5.74) is 0.927. The van der Waals surface area contributed by atoms with Crippen molar-refractivity contribution in [3.63, 3.8) is 0 Å². The number of nitrogens with one attached hydrogen (secondary N) is 1. The normalized spacial score (nSPS) is 10.1. The first-order valence-corrected chi connectivity index (χ1v) is 4.42. The van der Waals surface area contributed by atoms with Gasteiger partial charge in [-0.3, -0.25) is 0 Å². The van der Waals surface area contributed by atoms with E-state index in [1.54, 1.807) is 18.5 Å². The molecule has 0 spiro atoms. The van der Waals surface area contributed by atoms with E-state index < -0.39 is 0 Å². The third kappa shape index (κ3) is 1.85. The monoisotopic (exact) mass is 209 g/mol. The van der Waals surface area contributed by atoms with E-state index in [1.807, 2.05) is 6.92 Å². The lowest BCUT2D eigenvalue weighted by atomic mass is 10.3. The summed E-state index contributed by atoms with van der Waals surface area (Å²) >= 11 is 5.82. The molecule has 4 nitrogen and oxygen atoms in total. The Balaban J connectivity index is 2.22. The van der Waals surface area contributed by atoms with Crippen LogP contribution in [0.25, 0.3) is 0 Å². The predicted octanol–water partition coefficient (Wildman–Crippen LogP) is 2.56. The molecule has 1 N–H and O–H groups in total. The highest BCUT2D eigenvalue weighted by Gasteiger charge is 2.01. The molecule has 2 aromatic heterocycles. The predicted molar refractivity (Wildman–Crippen MR) is 52.6 cm³/mol. The van der Waals surface area contributed by atoms with E-state index >= 15 is 0 Å². The molecular weight excluding hydrogens is 202 g/mol. The molecule has 0 atom stereocenters. The van der Waals surface area contributed by atoms with E-state index in [1.165, 1.54) is 6.33 Å². The summed E-state index contributed by atoms with van der Waals surface area (Å²) in [7, 11) is 0. The van der Waals surface area contributed by atoms with Crippen LogP contribution in [0.15, 0.2) is 24.8 Å². The number of pyridine rings is 1. The van der Waals surface area contributed by atoms with Gasteiger partial charge in [-0.2, -0.15) is 0 Å². The van der Waals surface area contributed by atoms with Crippen LogP contribution in [0.2, 0.25) is 5.02 Å². The summed E-state index contributed by atoms with van der Waals surface area (Å²) in [5, 5.41) is 0.627. The van der Waals surface area contributed by atoms with E-state index in [4.69, 9.17) is 16.3 Å². The van der Waals surface area contributed by atoms with Crippen LogP contribution in [0.1, 0.15) is 5.56 Å². The van der Waals surface area contributed by atoms with Crippen molar-refractivity contribution >= 4 is 11.6 Å². The molecule has 0 fully saturated rings. The second-order valence-electron chi connectivity index (χ2n) is 2.79. The van der Waals surface area contributed by atoms with Crippen molar-refractivity contribution < 1.29 is 4.74 Å². The highest BCUT2D eigenvalue weighted by atomic mass is 35.5. The Morgan fingerprint density at radius 1 is 1.43 bits per heavy atom. The van der Waals surface area contributed by atoms with Crippen LogP contribution < -0.4 is 4.74 Å². The Morgan fingerprint density at radius 3 is 2.93 bits per heavy atom. The summed E-state index contributed by atoms with van der Waals surface area (Å²) < 4.78 is 5.37. The van der Waals surface area contributed by atoms with Gasteiger partial charge in [-0.15, -0.1) is 0 Å². The van der Waals surface area contributed by atoms with Gasteiger partial charge in [-0.05, 0) is 12.5 Å². The molecule has 2 heterocycles. The molecule has 72 valence electrons. The smallest absolute Gasteiger partial charge is 0.221 e. The van der Waals surface area contributed by atoms with E-state index in [-0.39, 0.29) is 0 Å². The minimum absolute atomic E-state index is 0.496. The summed E-state index contributed by atoms with van der Waals surface area (Å²) in [6, 6.07) is 1.77. The lowest BCUT2D eigenvalue weighted by Gasteiger charge is -2.02. The van der Waals surface area contributed by atoms with Gasteiger partial charge in [0.1, 0.15) is 0 Å². The molecule has 0 aromatic carbocycles. The fraction of sp³-hybridized carbons (Fsp3) is 0.111. The molecule has 0 bridgehead atoms. The maximum absolute atomic E-state index is 5.82. The van der Waals surface area contributed by atoms with Crippen LogP contribution in [0.3, 0.4) is 0 Å². The molecule has 0 radical (unpaired) electrons. The Morgan fingerprint density at radius 2 is 2.29 bits per heavy atom. The van der Waals surface area contributed by atoms with Gasteiger partial charge in [0.2, 0.25) is 11.8 Å². The maximum Gasteiger partial charge on any atom is 0.221 e. The van der Waals surface area contributed by atoms with Gasteiger partial charge in [0.05, 0.1) is 17.5 Å². The van der Waals surface area contributed by atoms with Gasteiger partial charge in [0.25, 0.3) is 0 Å². The SMILES string of the molecule is Cc1cc(Oc2cnc[nH]2)ncc1Cl. The number of rotatable bonds is 2. The number of aromatic amines is 1. The largest absolute Gasteiger partial charge is 0.421 e. The third-order valence-electron chi connectivity index (χ3n) is 1.71. The Bertz CT molecular complexity index is 428. The zero-order valence-corrected chi connectivity index (χ0v) is 8.25. The molecule has 14 heavy (non-hydrogen) atoms. The lowest BCUT2D eigenvalue weighted by molar-refractivity contribution is 0.447. The molecule has 0 aliphatic rings. The number of aryl methyl sites for hydroxylation is 1. The molecular formula is C9H8ClN3O.